The van der Waals surface area contributed by atoms with Gasteiger partial charge in [0.1, 0.15) is 0 Å². The van der Waals surface area contributed by atoms with Gasteiger partial charge < -0.3 is 5.73 Å². The van der Waals surface area contributed by atoms with Gasteiger partial charge >= 0.3 is 0 Å². The molecule has 1 aliphatic carbocycles. The van der Waals surface area contributed by atoms with E-state index in [2.05, 4.69) is 46.6 Å². The van der Waals surface area contributed by atoms with Crippen molar-refractivity contribution in [3.8, 4) is 0 Å². The monoisotopic (exact) mass is 254 g/mol. The zero-order chi connectivity index (χ0) is 13.9. The molecule has 0 amide bonds. The van der Waals surface area contributed by atoms with E-state index in [0.717, 1.165) is 24.3 Å². The lowest BCUT2D eigenvalue weighted by atomic mass is 9.70. The van der Waals surface area contributed by atoms with Gasteiger partial charge in [-0.05, 0) is 57.4 Å². The Morgan fingerprint density at radius 2 is 1.83 bits per heavy atom. The summed E-state index contributed by atoms with van der Waals surface area (Å²) in [5, 5.41) is 0. The molecular weight excluding hydrogens is 220 g/mol. The maximum atomic E-state index is 6.17. The van der Waals surface area contributed by atoms with Gasteiger partial charge in [0.15, 0.2) is 0 Å². The fourth-order valence-electron chi connectivity index (χ4n) is 3.64. The highest BCUT2D eigenvalue weighted by atomic mass is 15.2. The lowest BCUT2D eigenvalue weighted by molar-refractivity contribution is 0.0102. The van der Waals surface area contributed by atoms with Crippen LogP contribution in [0.15, 0.2) is 0 Å². The van der Waals surface area contributed by atoms with Crippen LogP contribution in [0.3, 0.4) is 0 Å². The maximum absolute atomic E-state index is 6.17. The molecule has 0 aromatic rings. The van der Waals surface area contributed by atoms with Crippen LogP contribution in [0.25, 0.3) is 0 Å². The van der Waals surface area contributed by atoms with Crippen LogP contribution in [0.1, 0.15) is 60.3 Å². The molecule has 1 aliphatic rings. The Morgan fingerprint density at radius 3 is 2.28 bits per heavy atom. The van der Waals surface area contributed by atoms with E-state index in [1.165, 1.54) is 25.7 Å². The number of rotatable bonds is 5. The van der Waals surface area contributed by atoms with Gasteiger partial charge in [-0.3, -0.25) is 4.90 Å². The summed E-state index contributed by atoms with van der Waals surface area (Å²) in [6.07, 6.45) is 5.14. The summed E-state index contributed by atoms with van der Waals surface area (Å²) < 4.78 is 0. The van der Waals surface area contributed by atoms with Crippen molar-refractivity contribution < 1.29 is 0 Å². The Morgan fingerprint density at radius 1 is 1.22 bits per heavy atom. The van der Waals surface area contributed by atoms with E-state index in [1.54, 1.807) is 0 Å². The Labute approximate surface area is 114 Å². The molecular formula is C16H34N2. The molecule has 0 radical (unpaired) electrons. The quantitative estimate of drug-likeness (QED) is 0.813. The standard InChI is InChI=1S/C16H34N2/c1-12(2)9-15(5)18(6)16(11-17)8-7-13(3)14(4)10-16/h12-15H,7-11,17H2,1-6H3. The van der Waals surface area contributed by atoms with Gasteiger partial charge in [0.25, 0.3) is 0 Å². The van der Waals surface area contributed by atoms with Crippen molar-refractivity contribution in [3.63, 3.8) is 0 Å². The van der Waals surface area contributed by atoms with Gasteiger partial charge in [0.2, 0.25) is 0 Å². The second-order valence-electron chi connectivity index (χ2n) is 7.22. The molecule has 108 valence electrons. The molecule has 4 unspecified atom stereocenters. The zero-order valence-electron chi connectivity index (χ0n) is 13.4. The second-order valence-corrected chi connectivity index (χ2v) is 7.22. The predicted octanol–water partition coefficient (Wildman–Crippen LogP) is 3.51. The van der Waals surface area contributed by atoms with Crippen LogP contribution in [0.4, 0.5) is 0 Å². The molecule has 0 aromatic carbocycles. The van der Waals surface area contributed by atoms with Crippen LogP contribution in [0.5, 0.6) is 0 Å². The van der Waals surface area contributed by atoms with Crippen molar-refractivity contribution in [2.24, 2.45) is 23.5 Å². The van der Waals surface area contributed by atoms with E-state index in [4.69, 9.17) is 5.73 Å². The van der Waals surface area contributed by atoms with Crippen LogP contribution < -0.4 is 5.73 Å². The Balaban J connectivity index is 2.75. The van der Waals surface area contributed by atoms with Gasteiger partial charge in [-0.15, -0.1) is 0 Å². The van der Waals surface area contributed by atoms with Crippen molar-refractivity contribution in [3.05, 3.63) is 0 Å². The summed E-state index contributed by atoms with van der Waals surface area (Å²) in [6, 6.07) is 0.633. The first kappa shape index (κ1) is 16.0. The first-order chi connectivity index (χ1) is 8.32. The van der Waals surface area contributed by atoms with Crippen molar-refractivity contribution in [2.45, 2.75) is 71.9 Å². The van der Waals surface area contributed by atoms with Gasteiger partial charge in [0, 0.05) is 18.1 Å². The normalized spacial score (nSPS) is 35.2. The highest BCUT2D eigenvalue weighted by Crippen LogP contribution is 2.40. The van der Waals surface area contributed by atoms with Gasteiger partial charge in [-0.2, -0.15) is 0 Å². The third kappa shape index (κ3) is 3.48. The summed E-state index contributed by atoms with van der Waals surface area (Å²) in [4.78, 5) is 2.59. The average molecular weight is 254 g/mol. The van der Waals surface area contributed by atoms with Crippen LogP contribution in [-0.2, 0) is 0 Å². The van der Waals surface area contributed by atoms with E-state index in [9.17, 15) is 0 Å². The Kier molecular flexibility index (Phi) is 5.67. The van der Waals surface area contributed by atoms with Crippen LogP contribution in [0.2, 0.25) is 0 Å². The number of hydrogen-bond donors (Lipinski definition) is 1. The molecule has 0 aromatic heterocycles. The molecule has 1 fully saturated rings. The van der Waals surface area contributed by atoms with E-state index < -0.39 is 0 Å². The lowest BCUT2D eigenvalue weighted by Gasteiger charge is -2.50. The highest BCUT2D eigenvalue weighted by Gasteiger charge is 2.41. The van der Waals surface area contributed by atoms with Crippen molar-refractivity contribution in [1.29, 1.82) is 0 Å². The predicted molar refractivity (Wildman–Crippen MR) is 80.6 cm³/mol. The van der Waals surface area contributed by atoms with E-state index in [1.807, 2.05) is 0 Å². The first-order valence-electron chi connectivity index (χ1n) is 7.75. The number of likely N-dealkylation sites (N-methyl/N-ethyl adjacent to an activating group) is 1. The maximum Gasteiger partial charge on any atom is 0.0334 e. The van der Waals surface area contributed by atoms with Crippen LogP contribution in [0, 0.1) is 17.8 Å². The number of nitrogens with two attached hydrogens (primary N) is 1. The van der Waals surface area contributed by atoms with Crippen molar-refractivity contribution in [1.82, 2.24) is 4.90 Å². The first-order valence-corrected chi connectivity index (χ1v) is 7.75. The third-order valence-corrected chi connectivity index (χ3v) is 5.34. The summed E-state index contributed by atoms with van der Waals surface area (Å²) in [5.41, 5.74) is 6.42. The zero-order valence-corrected chi connectivity index (χ0v) is 13.4. The molecule has 4 atom stereocenters. The molecule has 0 bridgehead atoms. The molecule has 2 nitrogen and oxygen atoms in total. The SMILES string of the molecule is CC(C)CC(C)N(C)C1(CN)CCC(C)C(C)C1. The topological polar surface area (TPSA) is 29.3 Å². The highest BCUT2D eigenvalue weighted by molar-refractivity contribution is 4.97. The fourth-order valence-corrected chi connectivity index (χ4v) is 3.64. The molecule has 0 spiro atoms. The number of hydrogen-bond acceptors (Lipinski definition) is 2. The molecule has 0 aliphatic heterocycles. The molecule has 2 heteroatoms. The molecule has 1 saturated carbocycles. The second kappa shape index (κ2) is 6.38. The van der Waals surface area contributed by atoms with E-state index in [-0.39, 0.29) is 5.54 Å². The minimum atomic E-state index is 0.250. The molecule has 0 saturated heterocycles. The minimum absolute atomic E-state index is 0.250. The van der Waals surface area contributed by atoms with Crippen molar-refractivity contribution >= 4 is 0 Å². The fraction of sp³-hybridized carbons (Fsp3) is 1.00. The number of nitrogens with zero attached hydrogens (tertiary/aromatic N) is 1. The minimum Gasteiger partial charge on any atom is -0.329 e. The van der Waals surface area contributed by atoms with E-state index in [0.29, 0.717) is 6.04 Å². The van der Waals surface area contributed by atoms with Gasteiger partial charge in [0.05, 0.1) is 0 Å². The molecule has 0 heterocycles. The largest absolute Gasteiger partial charge is 0.329 e. The van der Waals surface area contributed by atoms with Crippen molar-refractivity contribution in [2.75, 3.05) is 13.6 Å². The van der Waals surface area contributed by atoms with E-state index >= 15 is 0 Å². The Hall–Kier alpha value is -0.0800. The van der Waals surface area contributed by atoms with Crippen LogP contribution >= 0.6 is 0 Å². The average Bonchev–Trinajstić information content (AvgIpc) is 2.31. The van der Waals surface area contributed by atoms with Crippen LogP contribution in [-0.4, -0.2) is 30.1 Å². The van der Waals surface area contributed by atoms with Gasteiger partial charge in [-0.25, -0.2) is 0 Å². The summed E-state index contributed by atoms with van der Waals surface area (Å²) in [7, 11) is 2.29. The summed E-state index contributed by atoms with van der Waals surface area (Å²) in [6.45, 7) is 12.6. The Bertz CT molecular complexity index is 251. The molecule has 18 heavy (non-hydrogen) atoms. The summed E-state index contributed by atoms with van der Waals surface area (Å²) in [5.74, 6) is 2.42. The molecule has 2 N–H and O–H groups in total. The van der Waals surface area contributed by atoms with Gasteiger partial charge in [-0.1, -0.05) is 27.7 Å². The lowest BCUT2D eigenvalue weighted by Crippen LogP contribution is -2.58. The summed E-state index contributed by atoms with van der Waals surface area (Å²) >= 11 is 0. The molecule has 1 rings (SSSR count). The third-order valence-electron chi connectivity index (χ3n) is 5.34. The smallest absolute Gasteiger partial charge is 0.0334 e.